The van der Waals surface area contributed by atoms with Crippen LogP contribution in [0.4, 0.5) is 0 Å². The zero-order valence-electron chi connectivity index (χ0n) is 13.4. The van der Waals surface area contributed by atoms with E-state index in [1.165, 1.54) is 0 Å². The summed E-state index contributed by atoms with van der Waals surface area (Å²) in [6.45, 7) is 2.07. The molecule has 0 aliphatic rings. The molecule has 0 aromatic heterocycles. The van der Waals surface area contributed by atoms with Crippen LogP contribution in [0, 0.1) is 0 Å². The summed E-state index contributed by atoms with van der Waals surface area (Å²) in [7, 11) is 0. The van der Waals surface area contributed by atoms with Crippen molar-refractivity contribution in [2.45, 2.75) is 25.8 Å². The van der Waals surface area contributed by atoms with E-state index in [4.69, 9.17) is 0 Å². The fourth-order valence-corrected chi connectivity index (χ4v) is 9.34. The molecule has 0 nitrogen and oxygen atoms in total. The van der Waals surface area contributed by atoms with Crippen molar-refractivity contribution in [3.05, 3.63) is 71.8 Å². The lowest BCUT2D eigenvalue weighted by Crippen LogP contribution is -2.59. The summed E-state index contributed by atoms with van der Waals surface area (Å²) in [6, 6.07) is 20.6. The van der Waals surface area contributed by atoms with Crippen LogP contribution < -0.4 is 0 Å². The topological polar surface area (TPSA) is 0 Å². The van der Waals surface area contributed by atoms with Crippen LogP contribution in [0.25, 0.3) is 0 Å². The lowest BCUT2D eigenvalue weighted by atomic mass is 9.86. The minimum Gasteiger partial charge on any atom is -0.0868 e. The van der Waals surface area contributed by atoms with Crippen LogP contribution in [0.15, 0.2) is 60.7 Å². The Morgan fingerprint density at radius 1 is 0.615 bits per heavy atom. The smallest absolute Gasteiger partial charge is 0.0868 e. The second-order valence-corrected chi connectivity index (χ2v) is 18.8. The molecule has 8 heteroatoms. The first-order valence-electron chi connectivity index (χ1n) is 7.48. The molecule has 2 aromatic rings. The maximum atomic E-state index is 4.09. The van der Waals surface area contributed by atoms with Crippen LogP contribution in [-0.4, -0.2) is 14.5 Å². The van der Waals surface area contributed by atoms with Gasteiger partial charge >= 0.3 is 0 Å². The molecular weight excluding hydrogens is 855 g/mol. The number of rotatable bonds is 6. The van der Waals surface area contributed by atoms with Gasteiger partial charge in [0.05, 0.1) is 0 Å². The van der Waals surface area contributed by atoms with Crippen LogP contribution >= 0.6 is 127 Å². The first kappa shape index (κ1) is 24.5. The van der Waals surface area contributed by atoms with Crippen molar-refractivity contribution >= 4 is 127 Å². The summed E-state index contributed by atoms with van der Waals surface area (Å²) >= 11 is 31.3. The molecule has 1 unspecified atom stereocenters. The SMILES string of the molecule is CC(Br)C(Br)(Br)C(Br)(Br)C(Br)(Br)C(Br)(c1ccccc1)c1ccccc1. The van der Waals surface area contributed by atoms with Gasteiger partial charge in [-0.1, -0.05) is 195 Å². The maximum Gasteiger partial charge on any atom is 0.133 e. The molecule has 1 atom stereocenters. The number of halogens is 8. The van der Waals surface area contributed by atoms with E-state index in [1.54, 1.807) is 0 Å². The summed E-state index contributed by atoms with van der Waals surface area (Å²) in [5.41, 5.74) is 2.20. The van der Waals surface area contributed by atoms with Gasteiger partial charge in [-0.25, -0.2) is 0 Å². The van der Waals surface area contributed by atoms with E-state index in [9.17, 15) is 0 Å². The number of hydrogen-bond donors (Lipinski definition) is 0. The minimum absolute atomic E-state index is 0.0755. The highest BCUT2D eigenvalue weighted by molar-refractivity contribution is 9.33. The van der Waals surface area contributed by atoms with Gasteiger partial charge in [-0.15, -0.1) is 0 Å². The molecule has 26 heavy (non-hydrogen) atoms. The second-order valence-electron chi connectivity index (χ2n) is 5.78. The van der Waals surface area contributed by atoms with E-state index >= 15 is 0 Å². The molecule has 2 aromatic carbocycles. The fraction of sp³-hybridized carbons (Fsp3) is 0.333. The van der Waals surface area contributed by atoms with E-state index in [2.05, 4.69) is 159 Å². The first-order valence-corrected chi connectivity index (χ1v) is 13.9. The Kier molecular flexibility index (Phi) is 8.68. The minimum atomic E-state index is -0.724. The summed E-state index contributed by atoms with van der Waals surface area (Å²) in [5, 5.41) is 0. The molecular formula is C18H14Br8. The third kappa shape index (κ3) is 4.19. The number of alkyl halides is 8. The Balaban J connectivity index is 2.77. The van der Waals surface area contributed by atoms with Crippen molar-refractivity contribution in [3.8, 4) is 0 Å². The maximum absolute atomic E-state index is 4.09. The first-order chi connectivity index (χ1) is 11.9. The molecule has 0 saturated heterocycles. The Morgan fingerprint density at radius 3 is 1.27 bits per heavy atom. The highest BCUT2D eigenvalue weighted by atomic mass is 79.9. The average Bonchev–Trinajstić information content (AvgIpc) is 2.61. The average molecular weight is 870 g/mol. The van der Waals surface area contributed by atoms with Crippen molar-refractivity contribution < 1.29 is 0 Å². The second kappa shape index (κ2) is 9.19. The van der Waals surface area contributed by atoms with E-state index in [1.807, 2.05) is 36.4 Å². The third-order valence-electron chi connectivity index (χ3n) is 4.09. The van der Waals surface area contributed by atoms with E-state index in [0.29, 0.717) is 0 Å². The normalized spacial score (nSPS) is 15.0. The van der Waals surface area contributed by atoms with E-state index in [-0.39, 0.29) is 4.83 Å². The van der Waals surface area contributed by atoms with Crippen LogP contribution in [0.2, 0.25) is 0 Å². The largest absolute Gasteiger partial charge is 0.133 e. The third-order valence-corrected chi connectivity index (χ3v) is 20.2. The highest BCUT2D eigenvalue weighted by Crippen LogP contribution is 2.70. The lowest BCUT2D eigenvalue weighted by Gasteiger charge is -2.52. The number of hydrogen-bond acceptors (Lipinski definition) is 0. The Morgan fingerprint density at radius 2 is 0.962 bits per heavy atom. The van der Waals surface area contributed by atoms with Gasteiger partial charge in [0.25, 0.3) is 0 Å². The molecule has 0 saturated carbocycles. The van der Waals surface area contributed by atoms with Gasteiger partial charge in [0, 0.05) is 4.83 Å². The molecule has 142 valence electrons. The molecule has 0 aliphatic carbocycles. The van der Waals surface area contributed by atoms with Crippen molar-refractivity contribution in [3.63, 3.8) is 0 Å². The van der Waals surface area contributed by atoms with Crippen molar-refractivity contribution in [2.24, 2.45) is 0 Å². The lowest BCUT2D eigenvalue weighted by molar-refractivity contribution is 0.593. The van der Waals surface area contributed by atoms with Crippen molar-refractivity contribution in [2.75, 3.05) is 0 Å². The Bertz CT molecular complexity index is 686. The van der Waals surface area contributed by atoms with Gasteiger partial charge in [0.2, 0.25) is 0 Å². The van der Waals surface area contributed by atoms with Crippen LogP contribution in [0.5, 0.6) is 0 Å². The predicted molar refractivity (Wildman–Crippen MR) is 143 cm³/mol. The molecule has 0 aliphatic heterocycles. The molecule has 0 N–H and O–H groups in total. The summed E-state index contributed by atoms with van der Waals surface area (Å²) in [6.07, 6.45) is 0. The summed E-state index contributed by atoms with van der Waals surface area (Å²) in [4.78, 5) is 0.0755. The quantitative estimate of drug-likeness (QED) is 0.254. The van der Waals surface area contributed by atoms with Gasteiger partial charge in [0.1, 0.15) is 14.0 Å². The molecule has 0 heterocycles. The molecule has 0 spiro atoms. The fourth-order valence-electron chi connectivity index (χ4n) is 2.54. The molecule has 2 rings (SSSR count). The van der Waals surface area contributed by atoms with Crippen molar-refractivity contribution in [1.82, 2.24) is 0 Å². The van der Waals surface area contributed by atoms with E-state index < -0.39 is 14.0 Å². The zero-order chi connectivity index (χ0) is 19.8. The van der Waals surface area contributed by atoms with Gasteiger partial charge in [-0.3, -0.25) is 0 Å². The monoisotopic (exact) mass is 861 g/mol. The summed E-state index contributed by atoms with van der Waals surface area (Å²) in [5.74, 6) is 0. The van der Waals surface area contributed by atoms with Gasteiger partial charge in [-0.2, -0.15) is 0 Å². The molecule has 0 radical (unpaired) electrons. The highest BCUT2D eigenvalue weighted by Gasteiger charge is 2.67. The van der Waals surface area contributed by atoms with Gasteiger partial charge in [0.15, 0.2) is 0 Å². The van der Waals surface area contributed by atoms with Crippen LogP contribution in [0.1, 0.15) is 18.1 Å². The predicted octanol–water partition coefficient (Wildman–Crippen LogP) is 9.57. The molecule has 0 amide bonds. The molecule has 0 fully saturated rings. The van der Waals surface area contributed by atoms with Crippen LogP contribution in [-0.2, 0) is 4.32 Å². The number of benzene rings is 2. The van der Waals surface area contributed by atoms with Gasteiger partial charge < -0.3 is 0 Å². The Labute approximate surface area is 222 Å². The molecule has 0 bridgehead atoms. The standard InChI is InChI=1S/C18H14Br8/c1-12(19)16(21,22)18(25,26)17(23,24)15(20,13-8-4-2-5-9-13)14-10-6-3-7-11-14/h2-12H,1H3. The summed E-state index contributed by atoms with van der Waals surface area (Å²) < 4.78 is -2.59. The zero-order valence-corrected chi connectivity index (χ0v) is 26.1. The Hall–Kier alpha value is 2.28. The van der Waals surface area contributed by atoms with E-state index in [0.717, 1.165) is 11.1 Å². The van der Waals surface area contributed by atoms with Gasteiger partial charge in [-0.05, 0) is 11.1 Å². The van der Waals surface area contributed by atoms with Crippen molar-refractivity contribution in [1.29, 1.82) is 0 Å². The van der Waals surface area contributed by atoms with Crippen LogP contribution in [0.3, 0.4) is 0 Å².